The Morgan fingerprint density at radius 3 is 1.60 bits per heavy atom. The Morgan fingerprint density at radius 2 is 0.960 bits per heavy atom. The van der Waals surface area contributed by atoms with Crippen LogP contribution in [0.15, 0.2) is 152 Å². The normalized spacial score (nSPS) is 11.1. The number of benzene rings is 7. The lowest BCUT2D eigenvalue weighted by Gasteiger charge is -2.18. The average Bonchev–Trinajstić information content (AvgIpc) is 3.70. The van der Waals surface area contributed by atoms with Gasteiger partial charge in [0.15, 0.2) is 0 Å². The third-order valence-electron chi connectivity index (χ3n) is 9.64. The minimum absolute atomic E-state index is 0.525. The maximum Gasteiger partial charge on any atom is 0.0998 e. The summed E-state index contributed by atoms with van der Waals surface area (Å²) >= 11 is 0. The first-order valence-corrected chi connectivity index (χ1v) is 16.3. The lowest BCUT2D eigenvalue weighted by atomic mass is 9.89. The zero-order valence-electron chi connectivity index (χ0n) is 26.7. The van der Waals surface area contributed by atoms with Gasteiger partial charge in [0.25, 0.3) is 0 Å². The van der Waals surface area contributed by atoms with E-state index in [1.165, 1.54) is 10.8 Å². The number of aromatic nitrogens is 2. The van der Waals surface area contributed by atoms with E-state index in [-0.39, 0.29) is 0 Å². The lowest BCUT2D eigenvalue weighted by molar-refractivity contribution is 1.18. The van der Waals surface area contributed by atoms with Crippen LogP contribution in [0.5, 0.6) is 0 Å². The highest BCUT2D eigenvalue weighted by molar-refractivity contribution is 6.11. The molecule has 2 aromatic heterocycles. The number of hydrogen-bond acceptors (Lipinski definition) is 3. The predicted octanol–water partition coefficient (Wildman–Crippen LogP) is 10.8. The van der Waals surface area contributed by atoms with Gasteiger partial charge in [0.05, 0.1) is 62.7 Å². The Bertz CT molecular complexity index is 2900. The van der Waals surface area contributed by atoms with Crippen LogP contribution in [0.25, 0.3) is 77.2 Å². The van der Waals surface area contributed by atoms with Crippen molar-refractivity contribution in [2.45, 2.75) is 0 Å². The molecule has 0 aliphatic rings. The molecule has 0 saturated carbocycles. The van der Waals surface area contributed by atoms with E-state index in [2.05, 4.69) is 112 Å². The maximum atomic E-state index is 10.4. The van der Waals surface area contributed by atoms with E-state index in [4.69, 9.17) is 0 Å². The number of hydrogen-bond donors (Lipinski definition) is 0. The molecule has 0 aliphatic carbocycles. The molecule has 50 heavy (non-hydrogen) atoms. The predicted molar refractivity (Wildman–Crippen MR) is 200 cm³/mol. The number of nitrogens with zero attached hydrogens (tertiary/aromatic N) is 5. The van der Waals surface area contributed by atoms with Gasteiger partial charge in [0.1, 0.15) is 0 Å². The SMILES string of the molecule is N#Cc1ccc(-c2cccc(C#N)c2-c2ccc(-n3c4ccccc4c4ccccc43)cc2)c(-n2c3ccccc3c3cc(C#N)ccc32)c1. The molecule has 0 saturated heterocycles. The third-order valence-corrected chi connectivity index (χ3v) is 9.64. The van der Waals surface area contributed by atoms with Crippen LogP contribution in [-0.2, 0) is 0 Å². The first-order chi connectivity index (χ1) is 24.7. The topological polar surface area (TPSA) is 81.2 Å². The second-order valence-corrected chi connectivity index (χ2v) is 12.3. The van der Waals surface area contributed by atoms with Gasteiger partial charge in [-0.15, -0.1) is 0 Å². The molecule has 0 bridgehead atoms. The van der Waals surface area contributed by atoms with Crippen molar-refractivity contribution in [1.29, 1.82) is 15.8 Å². The number of nitriles is 3. The van der Waals surface area contributed by atoms with Crippen molar-refractivity contribution in [3.63, 3.8) is 0 Å². The molecular formula is C45H25N5. The fourth-order valence-electron chi connectivity index (χ4n) is 7.47. The van der Waals surface area contributed by atoms with Crippen molar-refractivity contribution in [3.05, 3.63) is 168 Å². The molecule has 0 atom stereocenters. The summed E-state index contributed by atoms with van der Waals surface area (Å²) < 4.78 is 4.44. The van der Waals surface area contributed by atoms with Gasteiger partial charge < -0.3 is 9.13 Å². The first-order valence-electron chi connectivity index (χ1n) is 16.3. The van der Waals surface area contributed by atoms with E-state index in [1.807, 2.05) is 66.7 Å². The Balaban J connectivity index is 1.27. The summed E-state index contributed by atoms with van der Waals surface area (Å²) in [5.41, 5.74) is 11.2. The van der Waals surface area contributed by atoms with E-state index in [0.29, 0.717) is 16.7 Å². The Labute approximate surface area is 287 Å². The summed E-state index contributed by atoms with van der Waals surface area (Å²) in [6.45, 7) is 0. The molecule has 0 amide bonds. The lowest BCUT2D eigenvalue weighted by Crippen LogP contribution is -2.00. The number of fused-ring (bicyclic) bond motifs is 6. The molecule has 0 aliphatic heterocycles. The maximum absolute atomic E-state index is 10.4. The summed E-state index contributed by atoms with van der Waals surface area (Å²) in [5, 5.41) is 34.5. The first kappa shape index (κ1) is 28.8. The molecule has 7 aromatic carbocycles. The summed E-state index contributed by atoms with van der Waals surface area (Å²) in [6, 6.07) is 57.7. The van der Waals surface area contributed by atoms with Crippen LogP contribution in [0, 0.1) is 34.0 Å². The van der Waals surface area contributed by atoms with Crippen LogP contribution in [0.1, 0.15) is 16.7 Å². The van der Waals surface area contributed by atoms with Crippen molar-refractivity contribution in [2.24, 2.45) is 0 Å². The Kier molecular flexibility index (Phi) is 6.56. The minimum Gasteiger partial charge on any atom is -0.309 e. The molecule has 0 fully saturated rings. The van der Waals surface area contributed by atoms with E-state index in [9.17, 15) is 15.8 Å². The molecule has 230 valence electrons. The molecule has 0 radical (unpaired) electrons. The average molecular weight is 636 g/mol. The summed E-state index contributed by atoms with van der Waals surface area (Å²) in [5.74, 6) is 0. The summed E-state index contributed by atoms with van der Waals surface area (Å²) in [4.78, 5) is 0. The molecule has 0 N–H and O–H groups in total. The van der Waals surface area contributed by atoms with Crippen LogP contribution >= 0.6 is 0 Å². The van der Waals surface area contributed by atoms with E-state index in [1.54, 1.807) is 0 Å². The van der Waals surface area contributed by atoms with Crippen LogP contribution in [0.2, 0.25) is 0 Å². The fourth-order valence-corrected chi connectivity index (χ4v) is 7.47. The number of para-hydroxylation sites is 3. The van der Waals surface area contributed by atoms with Crippen LogP contribution in [-0.4, -0.2) is 9.13 Å². The van der Waals surface area contributed by atoms with Gasteiger partial charge in [-0.25, -0.2) is 0 Å². The highest BCUT2D eigenvalue weighted by atomic mass is 15.0. The zero-order chi connectivity index (χ0) is 33.8. The standard InChI is InChI=1S/C45H25N5/c46-26-29-17-23-43-39(24-29)36-11-3-6-15-42(36)50(43)44-25-30(27-47)16-22-37(44)38-12-7-8-32(28-48)45(38)31-18-20-33(21-19-31)49-40-13-4-1-9-34(40)35-10-2-5-14-41(35)49/h1-25H. The van der Waals surface area contributed by atoms with E-state index in [0.717, 1.165) is 66.5 Å². The molecular weight excluding hydrogens is 611 g/mol. The molecule has 5 heteroatoms. The van der Waals surface area contributed by atoms with Crippen LogP contribution in [0.3, 0.4) is 0 Å². The highest BCUT2D eigenvalue weighted by Crippen LogP contribution is 2.42. The van der Waals surface area contributed by atoms with Gasteiger partial charge in [-0.1, -0.05) is 84.9 Å². The molecule has 2 heterocycles. The van der Waals surface area contributed by atoms with Crippen LogP contribution in [0.4, 0.5) is 0 Å². The van der Waals surface area contributed by atoms with E-state index >= 15 is 0 Å². The molecule has 0 unspecified atom stereocenters. The molecule has 0 spiro atoms. The second-order valence-electron chi connectivity index (χ2n) is 12.3. The zero-order valence-corrected chi connectivity index (χ0v) is 26.7. The quantitative estimate of drug-likeness (QED) is 0.193. The monoisotopic (exact) mass is 635 g/mol. The van der Waals surface area contributed by atoms with Gasteiger partial charge in [-0.3, -0.25) is 0 Å². The molecule has 9 aromatic rings. The Morgan fingerprint density at radius 1 is 0.400 bits per heavy atom. The van der Waals surface area contributed by atoms with Crippen molar-refractivity contribution in [2.75, 3.05) is 0 Å². The molecule has 9 rings (SSSR count). The van der Waals surface area contributed by atoms with Crippen molar-refractivity contribution < 1.29 is 0 Å². The minimum atomic E-state index is 0.525. The van der Waals surface area contributed by atoms with Crippen molar-refractivity contribution >= 4 is 43.6 Å². The summed E-state index contributed by atoms with van der Waals surface area (Å²) in [7, 11) is 0. The van der Waals surface area contributed by atoms with Gasteiger partial charge >= 0.3 is 0 Å². The van der Waals surface area contributed by atoms with Gasteiger partial charge in [-0.2, -0.15) is 15.8 Å². The smallest absolute Gasteiger partial charge is 0.0998 e. The second kappa shape index (κ2) is 11.4. The van der Waals surface area contributed by atoms with Crippen molar-refractivity contribution in [3.8, 4) is 51.8 Å². The largest absolute Gasteiger partial charge is 0.309 e. The Hall–Kier alpha value is -7.39. The number of rotatable bonds is 4. The third kappa shape index (κ3) is 4.31. The summed E-state index contributed by atoms with van der Waals surface area (Å²) in [6.07, 6.45) is 0. The molecule has 5 nitrogen and oxygen atoms in total. The van der Waals surface area contributed by atoms with Crippen molar-refractivity contribution in [1.82, 2.24) is 9.13 Å². The van der Waals surface area contributed by atoms with Gasteiger partial charge in [0, 0.05) is 38.4 Å². The van der Waals surface area contributed by atoms with E-state index < -0.39 is 0 Å². The van der Waals surface area contributed by atoms with Gasteiger partial charge in [-0.05, 0) is 77.9 Å². The fraction of sp³-hybridized carbons (Fsp3) is 0. The van der Waals surface area contributed by atoms with Crippen LogP contribution < -0.4 is 0 Å². The van der Waals surface area contributed by atoms with Gasteiger partial charge in [0.2, 0.25) is 0 Å². The highest BCUT2D eigenvalue weighted by Gasteiger charge is 2.21.